The number of imidazole rings is 1. The van der Waals surface area contributed by atoms with Crippen molar-refractivity contribution in [2.24, 2.45) is 5.92 Å². The molecule has 0 radical (unpaired) electrons. The Labute approximate surface area is 149 Å². The van der Waals surface area contributed by atoms with Crippen LogP contribution in [-0.2, 0) is 4.74 Å². The SMILES string of the molecule is CC1COCCN(c2nccc(-c3cnc4ccc(C(F)F)cn34)n2)C1. The molecule has 0 amide bonds. The van der Waals surface area contributed by atoms with E-state index in [1.54, 1.807) is 28.9 Å². The van der Waals surface area contributed by atoms with Crippen LogP contribution < -0.4 is 4.90 Å². The van der Waals surface area contributed by atoms with E-state index in [9.17, 15) is 8.78 Å². The summed E-state index contributed by atoms with van der Waals surface area (Å²) in [6.45, 7) is 5.01. The van der Waals surface area contributed by atoms with E-state index in [1.165, 1.54) is 12.3 Å². The molecule has 1 atom stereocenters. The van der Waals surface area contributed by atoms with Gasteiger partial charge in [0.2, 0.25) is 5.95 Å². The number of ether oxygens (including phenoxy) is 1. The first-order valence-corrected chi connectivity index (χ1v) is 8.53. The fourth-order valence-electron chi connectivity index (χ4n) is 3.12. The zero-order valence-corrected chi connectivity index (χ0v) is 14.3. The second kappa shape index (κ2) is 6.95. The Morgan fingerprint density at radius 2 is 2.12 bits per heavy atom. The summed E-state index contributed by atoms with van der Waals surface area (Å²) in [4.78, 5) is 15.4. The first-order valence-electron chi connectivity index (χ1n) is 8.53. The lowest BCUT2D eigenvalue weighted by Crippen LogP contribution is -2.30. The van der Waals surface area contributed by atoms with Crippen LogP contribution in [-0.4, -0.2) is 45.7 Å². The summed E-state index contributed by atoms with van der Waals surface area (Å²) in [5, 5.41) is 0. The van der Waals surface area contributed by atoms with E-state index in [0.29, 0.717) is 35.5 Å². The third kappa shape index (κ3) is 3.24. The Kier molecular flexibility index (Phi) is 4.50. The van der Waals surface area contributed by atoms with Gasteiger partial charge in [-0.3, -0.25) is 4.40 Å². The third-order valence-electron chi connectivity index (χ3n) is 4.41. The number of halogens is 2. The molecule has 0 aromatic carbocycles. The van der Waals surface area contributed by atoms with Crippen molar-refractivity contribution in [1.82, 2.24) is 19.4 Å². The van der Waals surface area contributed by atoms with Gasteiger partial charge in [-0.05, 0) is 24.1 Å². The molecule has 1 saturated heterocycles. The highest BCUT2D eigenvalue weighted by atomic mass is 19.3. The summed E-state index contributed by atoms with van der Waals surface area (Å²) in [5.74, 6) is 0.994. The second-order valence-corrected chi connectivity index (χ2v) is 6.50. The summed E-state index contributed by atoms with van der Waals surface area (Å²) in [6.07, 6.45) is 2.20. The van der Waals surface area contributed by atoms with E-state index in [-0.39, 0.29) is 5.56 Å². The fourth-order valence-corrected chi connectivity index (χ4v) is 3.12. The number of anilines is 1. The van der Waals surface area contributed by atoms with Crippen molar-refractivity contribution in [3.63, 3.8) is 0 Å². The predicted octanol–water partition coefficient (Wildman–Crippen LogP) is 3.20. The summed E-state index contributed by atoms with van der Waals surface area (Å²) in [7, 11) is 0. The van der Waals surface area contributed by atoms with Crippen LogP contribution in [0.25, 0.3) is 17.0 Å². The molecule has 0 N–H and O–H groups in total. The minimum atomic E-state index is -2.53. The second-order valence-electron chi connectivity index (χ2n) is 6.50. The van der Waals surface area contributed by atoms with Gasteiger partial charge in [-0.15, -0.1) is 0 Å². The molecule has 4 rings (SSSR count). The van der Waals surface area contributed by atoms with Crippen LogP contribution in [0.5, 0.6) is 0 Å². The van der Waals surface area contributed by atoms with Gasteiger partial charge in [-0.1, -0.05) is 6.92 Å². The molecule has 26 heavy (non-hydrogen) atoms. The van der Waals surface area contributed by atoms with Crippen molar-refractivity contribution in [3.8, 4) is 11.4 Å². The van der Waals surface area contributed by atoms with E-state index >= 15 is 0 Å². The molecule has 1 aliphatic heterocycles. The molecule has 0 spiro atoms. The van der Waals surface area contributed by atoms with E-state index in [1.807, 2.05) is 0 Å². The number of nitrogens with zero attached hydrogens (tertiary/aromatic N) is 5. The highest BCUT2D eigenvalue weighted by Crippen LogP contribution is 2.25. The van der Waals surface area contributed by atoms with Crippen molar-refractivity contribution in [1.29, 1.82) is 0 Å². The van der Waals surface area contributed by atoms with E-state index < -0.39 is 6.43 Å². The number of pyridine rings is 1. The number of alkyl halides is 2. The highest BCUT2D eigenvalue weighted by molar-refractivity contribution is 5.61. The topological polar surface area (TPSA) is 55.5 Å². The maximum Gasteiger partial charge on any atom is 0.265 e. The van der Waals surface area contributed by atoms with Gasteiger partial charge < -0.3 is 9.64 Å². The van der Waals surface area contributed by atoms with Crippen LogP contribution in [0.2, 0.25) is 0 Å². The van der Waals surface area contributed by atoms with Crippen LogP contribution in [0.15, 0.2) is 36.8 Å². The molecule has 136 valence electrons. The van der Waals surface area contributed by atoms with Crippen molar-refractivity contribution >= 4 is 11.6 Å². The Morgan fingerprint density at radius 3 is 2.96 bits per heavy atom. The average molecular weight is 359 g/mol. The van der Waals surface area contributed by atoms with Gasteiger partial charge in [0.25, 0.3) is 6.43 Å². The molecule has 0 bridgehead atoms. The standard InChI is InChI=1S/C18H19F2N5O/c1-12-9-24(6-7-26-11-12)18-21-5-4-14(23-18)15-8-22-16-3-2-13(17(19)20)10-25(15)16/h2-5,8,10,12,17H,6-7,9,11H2,1H3. The maximum atomic E-state index is 13.0. The predicted molar refractivity (Wildman–Crippen MR) is 93.4 cm³/mol. The van der Waals surface area contributed by atoms with Gasteiger partial charge >= 0.3 is 0 Å². The molecule has 3 aromatic heterocycles. The lowest BCUT2D eigenvalue weighted by atomic mass is 10.2. The zero-order chi connectivity index (χ0) is 18.1. The summed E-state index contributed by atoms with van der Waals surface area (Å²) < 4.78 is 33.3. The van der Waals surface area contributed by atoms with Crippen molar-refractivity contribution in [3.05, 3.63) is 42.4 Å². The zero-order valence-electron chi connectivity index (χ0n) is 14.3. The minimum absolute atomic E-state index is 0.0514. The van der Waals surface area contributed by atoms with E-state index in [4.69, 9.17) is 4.74 Å². The monoisotopic (exact) mass is 359 g/mol. The van der Waals surface area contributed by atoms with Gasteiger partial charge in [-0.2, -0.15) is 0 Å². The molecule has 1 fully saturated rings. The lowest BCUT2D eigenvalue weighted by Gasteiger charge is -2.21. The first kappa shape index (κ1) is 16.8. The Bertz CT molecular complexity index is 913. The number of fused-ring (bicyclic) bond motifs is 1. The van der Waals surface area contributed by atoms with Gasteiger partial charge in [0.05, 0.1) is 30.8 Å². The summed E-state index contributed by atoms with van der Waals surface area (Å²) in [5.41, 5.74) is 1.85. The third-order valence-corrected chi connectivity index (χ3v) is 4.41. The van der Waals surface area contributed by atoms with Gasteiger partial charge in [0.1, 0.15) is 5.65 Å². The first-order chi connectivity index (χ1) is 12.6. The molecule has 6 nitrogen and oxygen atoms in total. The van der Waals surface area contributed by atoms with E-state index in [0.717, 1.165) is 19.7 Å². The summed E-state index contributed by atoms with van der Waals surface area (Å²) in [6, 6.07) is 4.74. The largest absolute Gasteiger partial charge is 0.379 e. The maximum absolute atomic E-state index is 13.0. The molecular formula is C18H19F2N5O. The van der Waals surface area contributed by atoms with Gasteiger partial charge in [0.15, 0.2) is 0 Å². The highest BCUT2D eigenvalue weighted by Gasteiger charge is 2.19. The summed E-state index contributed by atoms with van der Waals surface area (Å²) >= 11 is 0. The van der Waals surface area contributed by atoms with Crippen molar-refractivity contribution in [2.45, 2.75) is 13.3 Å². The quantitative estimate of drug-likeness (QED) is 0.719. The smallest absolute Gasteiger partial charge is 0.265 e. The van der Waals surface area contributed by atoms with Crippen LogP contribution in [0.1, 0.15) is 18.9 Å². The number of hydrogen-bond donors (Lipinski definition) is 0. The Balaban J connectivity index is 1.72. The number of hydrogen-bond acceptors (Lipinski definition) is 5. The number of rotatable bonds is 3. The molecule has 3 aromatic rings. The number of aromatic nitrogens is 4. The molecule has 0 aliphatic carbocycles. The van der Waals surface area contributed by atoms with E-state index in [2.05, 4.69) is 26.8 Å². The molecule has 1 aliphatic rings. The molecular weight excluding hydrogens is 340 g/mol. The average Bonchev–Trinajstić information content (AvgIpc) is 2.95. The van der Waals surface area contributed by atoms with Crippen molar-refractivity contribution in [2.75, 3.05) is 31.2 Å². The lowest BCUT2D eigenvalue weighted by molar-refractivity contribution is 0.129. The van der Waals surface area contributed by atoms with Crippen LogP contribution in [0.3, 0.4) is 0 Å². The molecule has 4 heterocycles. The minimum Gasteiger partial charge on any atom is -0.379 e. The normalized spacial score (nSPS) is 18.5. The van der Waals surface area contributed by atoms with Gasteiger partial charge in [-0.25, -0.2) is 23.7 Å². The molecule has 8 heteroatoms. The molecule has 0 saturated carbocycles. The van der Waals surface area contributed by atoms with Gasteiger partial charge in [0, 0.05) is 31.0 Å². The van der Waals surface area contributed by atoms with Crippen molar-refractivity contribution < 1.29 is 13.5 Å². The Morgan fingerprint density at radius 1 is 1.23 bits per heavy atom. The van der Waals surface area contributed by atoms with Crippen LogP contribution in [0, 0.1) is 5.92 Å². The van der Waals surface area contributed by atoms with Crippen LogP contribution in [0.4, 0.5) is 14.7 Å². The van der Waals surface area contributed by atoms with Crippen LogP contribution >= 0.6 is 0 Å². The Hall–Kier alpha value is -2.61. The molecule has 1 unspecified atom stereocenters. The fraction of sp³-hybridized carbons (Fsp3) is 0.389.